The van der Waals surface area contributed by atoms with Crippen molar-refractivity contribution in [1.82, 2.24) is 15.5 Å². The Kier molecular flexibility index (Phi) is 4.21. The van der Waals surface area contributed by atoms with Crippen LogP contribution in [0.25, 0.3) is 0 Å². The van der Waals surface area contributed by atoms with E-state index in [0.29, 0.717) is 30.3 Å². The first-order valence-electron chi connectivity index (χ1n) is 6.78. The monoisotopic (exact) mass is 295 g/mol. The first kappa shape index (κ1) is 14.1. The number of ether oxygens (including phenoxy) is 1. The summed E-state index contributed by atoms with van der Waals surface area (Å²) in [6, 6.07) is 3.35. The molecule has 3 rings (SSSR count). The molecule has 1 saturated heterocycles. The van der Waals surface area contributed by atoms with Crippen molar-refractivity contribution in [3.63, 3.8) is 0 Å². The number of morpholine rings is 1. The van der Waals surface area contributed by atoms with E-state index in [0.717, 1.165) is 19.2 Å². The third kappa shape index (κ3) is 3.83. The van der Waals surface area contributed by atoms with E-state index in [1.54, 1.807) is 0 Å². The van der Waals surface area contributed by atoms with E-state index in [4.69, 9.17) is 9.26 Å². The SMILES string of the molecule is Fc1cc(F)cc(Cc2noc(CC3CNCCO3)n2)c1. The highest BCUT2D eigenvalue weighted by Crippen LogP contribution is 2.13. The van der Waals surface area contributed by atoms with Gasteiger partial charge in [0.05, 0.1) is 19.1 Å². The quantitative estimate of drug-likeness (QED) is 0.925. The molecule has 1 aromatic carbocycles. The van der Waals surface area contributed by atoms with Gasteiger partial charge in [0.15, 0.2) is 5.82 Å². The molecule has 0 spiro atoms. The highest BCUT2D eigenvalue weighted by molar-refractivity contribution is 5.21. The van der Waals surface area contributed by atoms with Gasteiger partial charge in [0.2, 0.25) is 5.89 Å². The molecule has 1 aromatic heterocycles. The normalized spacial score (nSPS) is 18.9. The van der Waals surface area contributed by atoms with Crippen LogP contribution in [0.5, 0.6) is 0 Å². The molecule has 0 bridgehead atoms. The number of nitrogens with zero attached hydrogens (tertiary/aromatic N) is 2. The second-order valence-electron chi connectivity index (χ2n) is 4.96. The van der Waals surface area contributed by atoms with Crippen LogP contribution < -0.4 is 5.32 Å². The zero-order valence-electron chi connectivity index (χ0n) is 11.3. The first-order chi connectivity index (χ1) is 10.2. The zero-order valence-corrected chi connectivity index (χ0v) is 11.3. The van der Waals surface area contributed by atoms with Gasteiger partial charge in [0.1, 0.15) is 11.6 Å². The van der Waals surface area contributed by atoms with E-state index in [1.807, 2.05) is 0 Å². The number of aromatic nitrogens is 2. The van der Waals surface area contributed by atoms with E-state index < -0.39 is 11.6 Å². The van der Waals surface area contributed by atoms with Crippen molar-refractivity contribution in [3.05, 3.63) is 47.1 Å². The van der Waals surface area contributed by atoms with Crippen LogP contribution in [0.3, 0.4) is 0 Å². The van der Waals surface area contributed by atoms with Crippen molar-refractivity contribution in [3.8, 4) is 0 Å². The van der Waals surface area contributed by atoms with Gasteiger partial charge in [-0.1, -0.05) is 5.16 Å². The maximum atomic E-state index is 13.1. The Morgan fingerprint density at radius 2 is 2.05 bits per heavy atom. The molecule has 1 aliphatic rings. The van der Waals surface area contributed by atoms with Crippen molar-refractivity contribution < 1.29 is 18.0 Å². The fourth-order valence-corrected chi connectivity index (χ4v) is 2.29. The third-order valence-corrected chi connectivity index (χ3v) is 3.20. The Balaban J connectivity index is 1.64. The van der Waals surface area contributed by atoms with E-state index in [2.05, 4.69) is 15.5 Å². The molecular weight excluding hydrogens is 280 g/mol. The van der Waals surface area contributed by atoms with Crippen molar-refractivity contribution in [2.45, 2.75) is 18.9 Å². The van der Waals surface area contributed by atoms with Gasteiger partial charge in [0, 0.05) is 25.6 Å². The molecule has 1 aliphatic heterocycles. The van der Waals surface area contributed by atoms with Gasteiger partial charge in [0.25, 0.3) is 0 Å². The summed E-state index contributed by atoms with van der Waals surface area (Å²) in [7, 11) is 0. The summed E-state index contributed by atoms with van der Waals surface area (Å²) in [6.07, 6.45) is 0.762. The summed E-state index contributed by atoms with van der Waals surface area (Å²) in [5.74, 6) is -0.361. The molecule has 1 unspecified atom stereocenters. The lowest BCUT2D eigenvalue weighted by atomic mass is 10.1. The summed E-state index contributed by atoms with van der Waals surface area (Å²) in [6.45, 7) is 2.25. The minimum atomic E-state index is -0.615. The number of hydrogen-bond donors (Lipinski definition) is 1. The number of benzene rings is 1. The Hall–Kier alpha value is -1.86. The molecule has 2 heterocycles. The number of nitrogens with one attached hydrogen (secondary N) is 1. The van der Waals surface area contributed by atoms with Crippen LogP contribution in [0.15, 0.2) is 22.7 Å². The molecule has 2 aromatic rings. The summed E-state index contributed by atoms with van der Waals surface area (Å²) in [5, 5.41) is 7.05. The van der Waals surface area contributed by atoms with Crippen molar-refractivity contribution in [2.75, 3.05) is 19.7 Å². The zero-order chi connectivity index (χ0) is 14.7. The van der Waals surface area contributed by atoms with Gasteiger partial charge >= 0.3 is 0 Å². The van der Waals surface area contributed by atoms with Crippen molar-refractivity contribution >= 4 is 0 Å². The molecule has 5 nitrogen and oxygen atoms in total. The summed E-state index contributed by atoms with van der Waals surface area (Å²) < 4.78 is 36.9. The van der Waals surface area contributed by atoms with Gasteiger partial charge in [-0.15, -0.1) is 0 Å². The first-order valence-corrected chi connectivity index (χ1v) is 6.78. The lowest BCUT2D eigenvalue weighted by Gasteiger charge is -2.21. The van der Waals surface area contributed by atoms with Crippen LogP contribution in [-0.4, -0.2) is 35.9 Å². The standard InChI is InChI=1S/C14H15F2N3O2/c15-10-3-9(4-11(16)6-10)5-13-18-14(21-19-13)7-12-8-17-1-2-20-12/h3-4,6,12,17H,1-2,5,7-8H2. The largest absolute Gasteiger partial charge is 0.375 e. The van der Waals surface area contributed by atoms with Gasteiger partial charge in [-0.05, 0) is 17.7 Å². The van der Waals surface area contributed by atoms with Gasteiger partial charge < -0.3 is 14.6 Å². The lowest BCUT2D eigenvalue weighted by Crippen LogP contribution is -2.39. The highest BCUT2D eigenvalue weighted by atomic mass is 19.1. The topological polar surface area (TPSA) is 60.2 Å². The average molecular weight is 295 g/mol. The molecular formula is C14H15F2N3O2. The fraction of sp³-hybridized carbons (Fsp3) is 0.429. The van der Waals surface area contributed by atoms with E-state index >= 15 is 0 Å². The van der Waals surface area contributed by atoms with E-state index in [1.165, 1.54) is 12.1 Å². The van der Waals surface area contributed by atoms with E-state index in [-0.39, 0.29) is 12.5 Å². The minimum absolute atomic E-state index is 0.0127. The predicted octanol–water partition coefficient (Wildman–Crippen LogP) is 1.47. The van der Waals surface area contributed by atoms with E-state index in [9.17, 15) is 8.78 Å². The van der Waals surface area contributed by atoms with Crippen LogP contribution in [0.4, 0.5) is 8.78 Å². The number of halogens is 2. The van der Waals surface area contributed by atoms with Crippen molar-refractivity contribution in [2.24, 2.45) is 0 Å². The summed E-state index contributed by atoms with van der Waals surface area (Å²) in [4.78, 5) is 4.23. The second-order valence-corrected chi connectivity index (χ2v) is 4.96. The highest BCUT2D eigenvalue weighted by Gasteiger charge is 2.18. The molecule has 7 heteroatoms. The van der Waals surface area contributed by atoms with Gasteiger partial charge in [-0.25, -0.2) is 8.78 Å². The molecule has 112 valence electrons. The molecule has 0 amide bonds. The summed E-state index contributed by atoms with van der Waals surface area (Å²) >= 11 is 0. The number of rotatable bonds is 4. The maximum absolute atomic E-state index is 13.1. The minimum Gasteiger partial charge on any atom is -0.375 e. The molecule has 1 N–H and O–H groups in total. The molecule has 0 radical (unpaired) electrons. The average Bonchev–Trinajstić information content (AvgIpc) is 2.86. The molecule has 21 heavy (non-hydrogen) atoms. The summed E-state index contributed by atoms with van der Waals surface area (Å²) in [5.41, 5.74) is 0.468. The third-order valence-electron chi connectivity index (χ3n) is 3.20. The molecule has 1 fully saturated rings. The number of hydrogen-bond acceptors (Lipinski definition) is 5. The van der Waals surface area contributed by atoms with Crippen LogP contribution in [0.1, 0.15) is 17.3 Å². The Bertz CT molecular complexity index is 592. The molecule has 0 aliphatic carbocycles. The van der Waals surface area contributed by atoms with Crippen molar-refractivity contribution in [1.29, 1.82) is 0 Å². The second kappa shape index (κ2) is 6.28. The predicted molar refractivity (Wildman–Crippen MR) is 69.8 cm³/mol. The molecule has 1 atom stereocenters. The lowest BCUT2D eigenvalue weighted by molar-refractivity contribution is 0.0246. The Morgan fingerprint density at radius 1 is 1.24 bits per heavy atom. The Morgan fingerprint density at radius 3 is 2.76 bits per heavy atom. The van der Waals surface area contributed by atoms with Crippen LogP contribution in [0, 0.1) is 11.6 Å². The molecule has 0 saturated carbocycles. The maximum Gasteiger partial charge on any atom is 0.229 e. The van der Waals surface area contributed by atoms with Gasteiger partial charge in [-0.2, -0.15) is 4.98 Å². The fourth-order valence-electron chi connectivity index (χ4n) is 2.29. The van der Waals surface area contributed by atoms with Crippen LogP contribution in [0.2, 0.25) is 0 Å². The van der Waals surface area contributed by atoms with Crippen LogP contribution >= 0.6 is 0 Å². The smallest absolute Gasteiger partial charge is 0.229 e. The Labute approximate surface area is 120 Å². The van der Waals surface area contributed by atoms with Crippen LogP contribution in [-0.2, 0) is 17.6 Å². The van der Waals surface area contributed by atoms with Gasteiger partial charge in [-0.3, -0.25) is 0 Å².